The van der Waals surface area contributed by atoms with Gasteiger partial charge in [0.15, 0.2) is 0 Å². The Morgan fingerprint density at radius 3 is 3.05 bits per heavy atom. The van der Waals surface area contributed by atoms with Gasteiger partial charge in [0, 0.05) is 12.1 Å². The van der Waals surface area contributed by atoms with Gasteiger partial charge in [-0.25, -0.2) is 4.98 Å². The molecular formula is C14H12BrN3O2S. The maximum absolute atomic E-state index is 11.9. The van der Waals surface area contributed by atoms with E-state index in [9.17, 15) is 4.79 Å². The van der Waals surface area contributed by atoms with Crippen molar-refractivity contribution in [3.05, 3.63) is 55.9 Å². The van der Waals surface area contributed by atoms with Gasteiger partial charge in [-0.2, -0.15) is 0 Å². The van der Waals surface area contributed by atoms with E-state index in [4.69, 9.17) is 10.5 Å². The van der Waals surface area contributed by atoms with Crippen molar-refractivity contribution in [2.75, 3.05) is 0 Å². The van der Waals surface area contributed by atoms with Crippen LogP contribution in [-0.4, -0.2) is 9.97 Å². The number of ether oxygens (including phenoxy) is 1. The number of rotatable bonds is 4. The van der Waals surface area contributed by atoms with E-state index < -0.39 is 0 Å². The first kappa shape index (κ1) is 14.2. The molecule has 108 valence electrons. The van der Waals surface area contributed by atoms with Gasteiger partial charge in [-0.3, -0.25) is 4.79 Å². The van der Waals surface area contributed by atoms with Crippen LogP contribution in [0.5, 0.6) is 5.75 Å². The third kappa shape index (κ3) is 2.85. The van der Waals surface area contributed by atoms with Crippen LogP contribution in [-0.2, 0) is 13.2 Å². The number of nitrogens with one attached hydrogen (secondary N) is 1. The van der Waals surface area contributed by atoms with Gasteiger partial charge in [0.2, 0.25) is 0 Å². The molecule has 0 bridgehead atoms. The van der Waals surface area contributed by atoms with Gasteiger partial charge in [-0.05, 0) is 33.4 Å². The molecule has 21 heavy (non-hydrogen) atoms. The van der Waals surface area contributed by atoms with Gasteiger partial charge in [0.1, 0.15) is 22.9 Å². The molecule has 0 unspecified atom stereocenters. The van der Waals surface area contributed by atoms with Gasteiger partial charge in [0.05, 0.1) is 9.99 Å². The summed E-state index contributed by atoms with van der Waals surface area (Å²) in [5, 5.41) is 1.85. The van der Waals surface area contributed by atoms with Gasteiger partial charge in [-0.15, -0.1) is 11.3 Å². The Balaban J connectivity index is 1.88. The Morgan fingerprint density at radius 2 is 2.24 bits per heavy atom. The topological polar surface area (TPSA) is 81.0 Å². The van der Waals surface area contributed by atoms with Gasteiger partial charge >= 0.3 is 0 Å². The second-order valence-corrected chi connectivity index (χ2v) is 6.14. The Labute approximate surface area is 132 Å². The lowest BCUT2D eigenvalue weighted by atomic mass is 10.2. The van der Waals surface area contributed by atoms with Crippen molar-refractivity contribution in [2.24, 2.45) is 5.73 Å². The lowest BCUT2D eigenvalue weighted by molar-refractivity contribution is 0.291. The fourth-order valence-corrected chi connectivity index (χ4v) is 3.25. The van der Waals surface area contributed by atoms with Crippen LogP contribution in [0, 0.1) is 0 Å². The van der Waals surface area contributed by atoms with Gasteiger partial charge in [-0.1, -0.05) is 12.1 Å². The summed E-state index contributed by atoms with van der Waals surface area (Å²) in [6, 6.07) is 7.50. The van der Waals surface area contributed by atoms with Crippen molar-refractivity contribution in [3.8, 4) is 5.75 Å². The number of halogens is 1. The number of nitrogens with two attached hydrogens (primary N) is 1. The summed E-state index contributed by atoms with van der Waals surface area (Å²) in [7, 11) is 0. The summed E-state index contributed by atoms with van der Waals surface area (Å²) in [6.45, 7) is 0.554. The summed E-state index contributed by atoms with van der Waals surface area (Å²) >= 11 is 4.81. The van der Waals surface area contributed by atoms with Crippen molar-refractivity contribution < 1.29 is 4.74 Å². The number of H-pyrrole nitrogens is 1. The molecule has 0 fully saturated rings. The highest BCUT2D eigenvalue weighted by Crippen LogP contribution is 2.29. The Bertz CT molecular complexity index is 844. The van der Waals surface area contributed by atoms with Crippen molar-refractivity contribution in [1.82, 2.24) is 9.97 Å². The Kier molecular flexibility index (Phi) is 4.05. The monoisotopic (exact) mass is 365 g/mol. The van der Waals surface area contributed by atoms with Crippen molar-refractivity contribution >= 4 is 37.5 Å². The normalized spacial score (nSPS) is 11.0. The molecule has 3 N–H and O–H groups in total. The summed E-state index contributed by atoms with van der Waals surface area (Å²) < 4.78 is 7.22. The van der Waals surface area contributed by atoms with Crippen LogP contribution in [0.15, 0.2) is 38.9 Å². The zero-order chi connectivity index (χ0) is 14.8. The molecule has 0 radical (unpaired) electrons. The molecule has 0 atom stereocenters. The first-order chi connectivity index (χ1) is 10.2. The zero-order valence-electron chi connectivity index (χ0n) is 10.9. The van der Waals surface area contributed by atoms with Crippen LogP contribution in [0.2, 0.25) is 0 Å². The van der Waals surface area contributed by atoms with E-state index in [0.29, 0.717) is 28.3 Å². The van der Waals surface area contributed by atoms with E-state index in [0.717, 1.165) is 10.0 Å². The summed E-state index contributed by atoms with van der Waals surface area (Å²) in [5.41, 5.74) is 7.14. The number of fused-ring (bicyclic) bond motifs is 1. The van der Waals surface area contributed by atoms with E-state index in [1.807, 2.05) is 29.6 Å². The van der Waals surface area contributed by atoms with Crippen LogP contribution in [0.25, 0.3) is 10.2 Å². The Morgan fingerprint density at radius 1 is 1.38 bits per heavy atom. The first-order valence-corrected chi connectivity index (χ1v) is 7.93. The fourth-order valence-electron chi connectivity index (χ4n) is 2.01. The van der Waals surface area contributed by atoms with Crippen LogP contribution >= 0.6 is 27.3 Å². The molecule has 2 heterocycles. The van der Waals surface area contributed by atoms with Gasteiger partial charge in [0.25, 0.3) is 5.56 Å². The molecule has 3 rings (SSSR count). The zero-order valence-corrected chi connectivity index (χ0v) is 13.3. The predicted octanol–water partition coefficient (Wildman–Crippen LogP) is 2.78. The van der Waals surface area contributed by atoms with Crippen LogP contribution in [0.4, 0.5) is 0 Å². The number of thiophene rings is 1. The molecule has 0 aliphatic carbocycles. The summed E-state index contributed by atoms with van der Waals surface area (Å²) in [4.78, 5) is 19.0. The molecule has 0 spiro atoms. The molecule has 2 aromatic heterocycles. The largest absolute Gasteiger partial charge is 0.484 e. The highest BCUT2D eigenvalue weighted by molar-refractivity contribution is 9.10. The minimum atomic E-state index is -0.139. The van der Waals surface area contributed by atoms with Crippen LogP contribution in [0.3, 0.4) is 0 Å². The summed E-state index contributed by atoms with van der Waals surface area (Å²) in [6.07, 6.45) is 0. The molecule has 0 amide bonds. The second kappa shape index (κ2) is 5.97. The first-order valence-electron chi connectivity index (χ1n) is 6.25. The van der Waals surface area contributed by atoms with E-state index in [1.165, 1.54) is 11.3 Å². The second-order valence-electron chi connectivity index (χ2n) is 4.37. The van der Waals surface area contributed by atoms with E-state index in [-0.39, 0.29) is 12.2 Å². The van der Waals surface area contributed by atoms with Crippen molar-refractivity contribution in [3.63, 3.8) is 0 Å². The highest BCUT2D eigenvalue weighted by atomic mass is 79.9. The number of aromatic amines is 1. The number of para-hydroxylation sites is 1. The van der Waals surface area contributed by atoms with Crippen molar-refractivity contribution in [1.29, 1.82) is 0 Å². The molecule has 0 saturated heterocycles. The molecule has 0 aliphatic heterocycles. The lowest BCUT2D eigenvalue weighted by Gasteiger charge is -2.11. The average Bonchev–Trinajstić information content (AvgIpc) is 2.94. The fraction of sp³-hybridized carbons (Fsp3) is 0.143. The third-order valence-corrected chi connectivity index (χ3v) is 4.51. The standard InChI is InChI=1S/C14H12BrN3O2S/c15-9-3-1-2-8(6-16)12(9)20-7-11-17-10-4-5-21-13(10)14(19)18-11/h1-5H,6-7,16H2,(H,17,18,19). The summed E-state index contributed by atoms with van der Waals surface area (Å²) in [5.74, 6) is 1.16. The molecule has 1 aromatic carbocycles. The molecule has 5 nitrogen and oxygen atoms in total. The number of hydrogen-bond donors (Lipinski definition) is 2. The SMILES string of the molecule is NCc1cccc(Br)c1OCc1nc2ccsc2c(=O)[nH]1. The van der Waals surface area contributed by atoms with E-state index in [2.05, 4.69) is 25.9 Å². The minimum absolute atomic E-state index is 0.139. The van der Waals surface area contributed by atoms with Crippen molar-refractivity contribution in [2.45, 2.75) is 13.2 Å². The van der Waals surface area contributed by atoms with Gasteiger partial charge < -0.3 is 15.5 Å². The Hall–Kier alpha value is -1.70. The maximum Gasteiger partial charge on any atom is 0.268 e. The smallest absolute Gasteiger partial charge is 0.268 e. The third-order valence-electron chi connectivity index (χ3n) is 2.99. The van der Waals surface area contributed by atoms with E-state index in [1.54, 1.807) is 0 Å². The number of nitrogens with zero attached hydrogens (tertiary/aromatic N) is 1. The molecule has 3 aromatic rings. The molecule has 7 heteroatoms. The minimum Gasteiger partial charge on any atom is -0.484 e. The quantitative estimate of drug-likeness (QED) is 0.744. The number of benzene rings is 1. The van der Waals surface area contributed by atoms with Crippen LogP contribution < -0.4 is 16.0 Å². The van der Waals surface area contributed by atoms with Crippen LogP contribution in [0.1, 0.15) is 11.4 Å². The average molecular weight is 366 g/mol. The number of hydrogen-bond acceptors (Lipinski definition) is 5. The molecular weight excluding hydrogens is 354 g/mol. The maximum atomic E-state index is 11.9. The number of aromatic nitrogens is 2. The molecule has 0 aliphatic rings. The lowest BCUT2D eigenvalue weighted by Crippen LogP contribution is -2.13. The predicted molar refractivity (Wildman–Crippen MR) is 86.6 cm³/mol. The van der Waals surface area contributed by atoms with E-state index >= 15 is 0 Å². The molecule has 0 saturated carbocycles. The highest BCUT2D eigenvalue weighted by Gasteiger charge is 2.09.